The Hall–Kier alpha value is -1.88. The van der Waals surface area contributed by atoms with Gasteiger partial charge in [-0.25, -0.2) is 0 Å². The molecule has 3 rings (SSSR count). The van der Waals surface area contributed by atoms with E-state index in [9.17, 15) is 0 Å². The van der Waals surface area contributed by atoms with E-state index in [2.05, 4.69) is 30.9 Å². The molecule has 0 heterocycles. The number of hydrogen-bond acceptors (Lipinski definition) is 2. The van der Waals surface area contributed by atoms with E-state index in [-0.39, 0.29) is 0 Å². The normalized spacial score (nSPS) is 25.8. The molecule has 2 fully saturated rings. The van der Waals surface area contributed by atoms with Crippen molar-refractivity contribution in [1.82, 2.24) is 0 Å². The van der Waals surface area contributed by atoms with Gasteiger partial charge in [0.1, 0.15) is 11.5 Å². The summed E-state index contributed by atoms with van der Waals surface area (Å²) < 4.78 is 11.5. The summed E-state index contributed by atoms with van der Waals surface area (Å²) in [5.74, 6) is 11.7. The summed E-state index contributed by atoms with van der Waals surface area (Å²) in [6.45, 7) is 5.81. The van der Waals surface area contributed by atoms with Gasteiger partial charge in [0.25, 0.3) is 0 Å². The van der Waals surface area contributed by atoms with Gasteiger partial charge >= 0.3 is 0 Å². The fourth-order valence-corrected chi connectivity index (χ4v) is 5.19. The number of allylic oxidation sites excluding steroid dienone is 2. The highest BCUT2D eigenvalue weighted by Crippen LogP contribution is 2.33. The first-order valence-electron chi connectivity index (χ1n) is 13.3. The fourth-order valence-electron chi connectivity index (χ4n) is 5.19. The molecule has 0 unspecified atom stereocenters. The fraction of sp³-hybridized carbons (Fsp3) is 0.667. The third-order valence-corrected chi connectivity index (χ3v) is 7.31. The molecule has 1 aromatic rings. The Kier molecular flexibility index (Phi) is 11.1. The highest BCUT2D eigenvalue weighted by molar-refractivity contribution is 5.31. The predicted molar refractivity (Wildman–Crippen MR) is 135 cm³/mol. The molecule has 0 atom stereocenters. The lowest BCUT2D eigenvalue weighted by molar-refractivity contribution is 0.196. The maximum Gasteiger partial charge on any atom is 0.119 e. The predicted octanol–water partition coefficient (Wildman–Crippen LogP) is 8.22. The summed E-state index contributed by atoms with van der Waals surface area (Å²) in [6, 6.07) is 7.98. The van der Waals surface area contributed by atoms with Crippen LogP contribution in [0.4, 0.5) is 0 Å². The minimum absolute atomic E-state index is 0.565. The molecule has 2 aliphatic rings. The van der Waals surface area contributed by atoms with E-state index >= 15 is 0 Å². The minimum Gasteiger partial charge on any atom is -0.494 e. The topological polar surface area (TPSA) is 18.5 Å². The van der Waals surface area contributed by atoms with E-state index in [1.807, 2.05) is 31.2 Å². The van der Waals surface area contributed by atoms with Gasteiger partial charge in [-0.05, 0) is 106 Å². The second kappa shape index (κ2) is 14.3. The van der Waals surface area contributed by atoms with Gasteiger partial charge in [0, 0.05) is 5.92 Å². The van der Waals surface area contributed by atoms with Crippen molar-refractivity contribution in [2.75, 3.05) is 13.2 Å². The van der Waals surface area contributed by atoms with Crippen LogP contribution in [0.2, 0.25) is 0 Å². The standard InChI is InChI=1S/C30H44O2/c1-3-5-6-9-25-12-14-26(15-13-25)10-7-8-11-27-16-18-28(19-17-27)24-32-30-22-20-29(21-23-30)31-4-2/h7,10,20-23,25-28H,3-6,9,12-19,24H2,1-2H3. The lowest BCUT2D eigenvalue weighted by Crippen LogP contribution is -2.19. The third kappa shape index (κ3) is 8.93. The number of ether oxygens (including phenoxy) is 2. The van der Waals surface area contributed by atoms with Crippen molar-refractivity contribution < 1.29 is 9.47 Å². The van der Waals surface area contributed by atoms with Gasteiger partial charge in [-0.1, -0.05) is 50.5 Å². The van der Waals surface area contributed by atoms with Crippen LogP contribution in [0, 0.1) is 35.5 Å². The van der Waals surface area contributed by atoms with Gasteiger partial charge in [0.05, 0.1) is 13.2 Å². The second-order valence-electron chi connectivity index (χ2n) is 9.86. The van der Waals surface area contributed by atoms with Crippen molar-refractivity contribution in [3.8, 4) is 23.3 Å². The Morgan fingerprint density at radius 2 is 1.47 bits per heavy atom. The van der Waals surface area contributed by atoms with Crippen LogP contribution in [0.5, 0.6) is 11.5 Å². The van der Waals surface area contributed by atoms with Crippen LogP contribution in [-0.2, 0) is 0 Å². The van der Waals surface area contributed by atoms with Crippen LogP contribution < -0.4 is 9.47 Å². The average Bonchev–Trinajstić information content (AvgIpc) is 2.83. The lowest BCUT2D eigenvalue weighted by atomic mass is 9.79. The Bertz CT molecular complexity index is 707. The lowest BCUT2D eigenvalue weighted by Gasteiger charge is -2.26. The number of unbranched alkanes of at least 4 members (excludes halogenated alkanes) is 2. The zero-order valence-corrected chi connectivity index (χ0v) is 20.5. The SMILES string of the molecule is CCCCCC1CCC(C=CC#CC2CCC(COc3ccc(OCC)cc3)CC2)CC1. The molecule has 0 radical (unpaired) electrons. The molecule has 0 spiro atoms. The number of hydrogen-bond donors (Lipinski definition) is 0. The molecule has 0 amide bonds. The van der Waals surface area contributed by atoms with Crippen molar-refractivity contribution in [2.24, 2.45) is 23.7 Å². The first-order chi connectivity index (χ1) is 15.8. The number of benzene rings is 1. The van der Waals surface area contributed by atoms with Crippen LogP contribution in [0.3, 0.4) is 0 Å². The number of rotatable bonds is 10. The van der Waals surface area contributed by atoms with E-state index < -0.39 is 0 Å². The molecule has 0 N–H and O–H groups in total. The monoisotopic (exact) mass is 436 g/mol. The van der Waals surface area contributed by atoms with Gasteiger partial charge in [0.15, 0.2) is 0 Å². The van der Waals surface area contributed by atoms with E-state index in [1.54, 1.807) is 0 Å². The molecule has 32 heavy (non-hydrogen) atoms. The van der Waals surface area contributed by atoms with Crippen molar-refractivity contribution in [2.45, 2.75) is 90.9 Å². The molecule has 0 saturated heterocycles. The zero-order chi connectivity index (χ0) is 22.4. The molecule has 0 aliphatic heterocycles. The zero-order valence-electron chi connectivity index (χ0n) is 20.5. The molecule has 0 bridgehead atoms. The van der Waals surface area contributed by atoms with Gasteiger partial charge in [-0.3, -0.25) is 0 Å². The summed E-state index contributed by atoms with van der Waals surface area (Å²) >= 11 is 0. The van der Waals surface area contributed by atoms with Gasteiger partial charge in [-0.2, -0.15) is 0 Å². The Balaban J connectivity index is 1.28. The first-order valence-corrected chi connectivity index (χ1v) is 13.3. The molecule has 2 saturated carbocycles. The third-order valence-electron chi connectivity index (χ3n) is 7.31. The van der Waals surface area contributed by atoms with Crippen molar-refractivity contribution in [3.63, 3.8) is 0 Å². The summed E-state index contributed by atoms with van der Waals surface area (Å²) in [6.07, 6.45) is 20.7. The average molecular weight is 437 g/mol. The smallest absolute Gasteiger partial charge is 0.119 e. The first kappa shape index (κ1) is 24.8. The Labute approximate surface area is 197 Å². The van der Waals surface area contributed by atoms with Crippen LogP contribution in [0.1, 0.15) is 90.9 Å². The van der Waals surface area contributed by atoms with Crippen molar-refractivity contribution in [3.05, 3.63) is 36.4 Å². The van der Waals surface area contributed by atoms with E-state index in [4.69, 9.17) is 9.47 Å². The van der Waals surface area contributed by atoms with Crippen molar-refractivity contribution in [1.29, 1.82) is 0 Å². The second-order valence-corrected chi connectivity index (χ2v) is 9.86. The summed E-state index contributed by atoms with van der Waals surface area (Å²) in [5, 5.41) is 0. The van der Waals surface area contributed by atoms with E-state index in [0.29, 0.717) is 18.4 Å². The quantitative estimate of drug-likeness (QED) is 0.272. The molecule has 176 valence electrons. The molecule has 2 heteroatoms. The van der Waals surface area contributed by atoms with Crippen LogP contribution in [-0.4, -0.2) is 13.2 Å². The highest BCUT2D eigenvalue weighted by atomic mass is 16.5. The van der Waals surface area contributed by atoms with Crippen LogP contribution in [0.25, 0.3) is 0 Å². The maximum absolute atomic E-state index is 6.01. The van der Waals surface area contributed by atoms with Crippen LogP contribution >= 0.6 is 0 Å². The molecule has 1 aromatic carbocycles. The maximum atomic E-state index is 6.01. The highest BCUT2D eigenvalue weighted by Gasteiger charge is 2.21. The van der Waals surface area contributed by atoms with Gasteiger partial charge in [0.2, 0.25) is 0 Å². The molecular formula is C30H44O2. The van der Waals surface area contributed by atoms with Gasteiger partial charge < -0.3 is 9.47 Å². The van der Waals surface area contributed by atoms with Crippen LogP contribution in [0.15, 0.2) is 36.4 Å². The van der Waals surface area contributed by atoms with Crippen molar-refractivity contribution >= 4 is 0 Å². The molecule has 2 aliphatic carbocycles. The Morgan fingerprint density at radius 3 is 2.12 bits per heavy atom. The largest absolute Gasteiger partial charge is 0.494 e. The summed E-state index contributed by atoms with van der Waals surface area (Å²) in [5.41, 5.74) is 0. The molecular weight excluding hydrogens is 392 g/mol. The molecule has 0 aromatic heterocycles. The molecule has 2 nitrogen and oxygen atoms in total. The minimum atomic E-state index is 0.565. The van der Waals surface area contributed by atoms with E-state index in [1.165, 1.54) is 77.0 Å². The van der Waals surface area contributed by atoms with Gasteiger partial charge in [-0.15, -0.1) is 0 Å². The van der Waals surface area contributed by atoms with E-state index in [0.717, 1.165) is 29.9 Å². The summed E-state index contributed by atoms with van der Waals surface area (Å²) in [7, 11) is 0. The summed E-state index contributed by atoms with van der Waals surface area (Å²) in [4.78, 5) is 0. The Morgan fingerprint density at radius 1 is 0.812 bits per heavy atom.